The van der Waals surface area contributed by atoms with Gasteiger partial charge >= 0.3 is 0 Å². The number of Topliss-reactive ketones (excluding diaryl/α,β-unsaturated/α-hetero) is 1. The molecule has 0 aliphatic carbocycles. The van der Waals surface area contributed by atoms with Crippen molar-refractivity contribution in [1.29, 1.82) is 0 Å². The fraction of sp³-hybridized carbons (Fsp3) is 0.769. The second kappa shape index (κ2) is 10.5. The number of carbonyl (C=O) groups is 1. The Morgan fingerprint density at radius 3 is 2.21 bits per heavy atom. The van der Waals surface area contributed by atoms with Gasteiger partial charge in [0.2, 0.25) is 0 Å². The molecule has 0 rings (SSSR count). The van der Waals surface area contributed by atoms with E-state index in [-0.39, 0.29) is 0 Å². The lowest BCUT2D eigenvalue weighted by molar-refractivity contribution is -0.118. The molecular weight excluding hydrogens is 172 g/mol. The molecule has 0 bridgehead atoms. The van der Waals surface area contributed by atoms with E-state index in [9.17, 15) is 4.79 Å². The first kappa shape index (κ1) is 13.4. The van der Waals surface area contributed by atoms with E-state index >= 15 is 0 Å². The molecule has 0 aliphatic heterocycles. The van der Waals surface area contributed by atoms with Crippen LogP contribution in [-0.2, 0) is 4.79 Å². The summed E-state index contributed by atoms with van der Waals surface area (Å²) in [5, 5.41) is 0. The lowest BCUT2D eigenvalue weighted by Crippen LogP contribution is -1.94. The fourth-order valence-electron chi connectivity index (χ4n) is 1.49. The van der Waals surface area contributed by atoms with Gasteiger partial charge in [-0.05, 0) is 19.3 Å². The minimum Gasteiger partial charge on any atom is -0.300 e. The van der Waals surface area contributed by atoms with Crippen molar-refractivity contribution in [2.75, 3.05) is 0 Å². The quantitative estimate of drug-likeness (QED) is 0.376. The summed E-state index contributed by atoms with van der Waals surface area (Å²) in [5.41, 5.74) is 0. The average molecular weight is 196 g/mol. The Hall–Kier alpha value is -0.590. The molecule has 0 aromatic carbocycles. The van der Waals surface area contributed by atoms with Crippen molar-refractivity contribution < 1.29 is 4.79 Å². The average Bonchev–Trinajstić information content (AvgIpc) is 2.21. The summed E-state index contributed by atoms with van der Waals surface area (Å²) >= 11 is 0. The number of carbonyl (C=O) groups excluding carboxylic acids is 1. The molecule has 1 heteroatoms. The summed E-state index contributed by atoms with van der Waals surface area (Å²) in [6.07, 6.45) is 12.1. The zero-order valence-corrected chi connectivity index (χ0v) is 9.56. The molecule has 0 unspecified atom stereocenters. The van der Waals surface area contributed by atoms with Crippen LogP contribution in [0.15, 0.2) is 12.7 Å². The van der Waals surface area contributed by atoms with E-state index in [1.54, 1.807) is 0 Å². The lowest BCUT2D eigenvalue weighted by atomic mass is 10.1. The Kier molecular flexibility index (Phi) is 10.0. The van der Waals surface area contributed by atoms with Gasteiger partial charge in [-0.1, -0.05) is 38.7 Å². The number of unbranched alkanes of at least 4 members (excludes halogenated alkanes) is 6. The van der Waals surface area contributed by atoms with Gasteiger partial charge in [-0.2, -0.15) is 0 Å². The third kappa shape index (κ3) is 9.50. The number of ketones is 1. The van der Waals surface area contributed by atoms with Crippen molar-refractivity contribution in [3.8, 4) is 0 Å². The summed E-state index contributed by atoms with van der Waals surface area (Å²) in [4.78, 5) is 11.0. The molecule has 82 valence electrons. The fourth-order valence-corrected chi connectivity index (χ4v) is 1.49. The Balaban J connectivity index is 2.98. The Labute approximate surface area is 88.6 Å². The molecule has 0 aliphatic rings. The van der Waals surface area contributed by atoms with Crippen LogP contribution in [0.5, 0.6) is 0 Å². The first-order valence-corrected chi connectivity index (χ1v) is 5.93. The Morgan fingerprint density at radius 1 is 1.07 bits per heavy atom. The molecule has 0 N–H and O–H groups in total. The first-order chi connectivity index (χ1) is 6.81. The van der Waals surface area contributed by atoms with E-state index in [0.29, 0.717) is 12.2 Å². The number of rotatable bonds is 10. The van der Waals surface area contributed by atoms with Gasteiger partial charge in [0, 0.05) is 12.8 Å². The van der Waals surface area contributed by atoms with Gasteiger partial charge in [-0.15, -0.1) is 6.58 Å². The van der Waals surface area contributed by atoms with E-state index in [4.69, 9.17) is 0 Å². The van der Waals surface area contributed by atoms with Crippen molar-refractivity contribution in [2.45, 2.75) is 64.7 Å². The highest BCUT2D eigenvalue weighted by Gasteiger charge is 1.97. The van der Waals surface area contributed by atoms with Crippen LogP contribution in [0, 0.1) is 0 Å². The van der Waals surface area contributed by atoms with Crippen LogP contribution in [0.4, 0.5) is 0 Å². The van der Waals surface area contributed by atoms with Crippen molar-refractivity contribution in [3.05, 3.63) is 12.7 Å². The van der Waals surface area contributed by atoms with Gasteiger partial charge < -0.3 is 0 Å². The van der Waals surface area contributed by atoms with Crippen LogP contribution in [0.2, 0.25) is 0 Å². The molecule has 0 atom stereocenters. The van der Waals surface area contributed by atoms with E-state index in [0.717, 1.165) is 19.3 Å². The smallest absolute Gasteiger partial charge is 0.132 e. The van der Waals surface area contributed by atoms with E-state index in [2.05, 4.69) is 6.58 Å². The summed E-state index contributed by atoms with van der Waals surface area (Å²) in [7, 11) is 0. The summed E-state index contributed by atoms with van der Waals surface area (Å²) in [6, 6.07) is 0. The molecule has 0 saturated heterocycles. The van der Waals surface area contributed by atoms with Gasteiger partial charge in [-0.25, -0.2) is 0 Å². The highest BCUT2D eigenvalue weighted by atomic mass is 16.1. The van der Waals surface area contributed by atoms with Crippen molar-refractivity contribution in [2.24, 2.45) is 0 Å². The minimum absolute atomic E-state index is 0.414. The van der Waals surface area contributed by atoms with Crippen LogP contribution in [0.25, 0.3) is 0 Å². The molecule has 1 nitrogen and oxygen atoms in total. The second-order valence-corrected chi connectivity index (χ2v) is 3.84. The van der Waals surface area contributed by atoms with Gasteiger partial charge in [0.25, 0.3) is 0 Å². The molecule has 0 saturated carbocycles. The third-order valence-electron chi connectivity index (χ3n) is 2.51. The van der Waals surface area contributed by atoms with E-state index < -0.39 is 0 Å². The largest absolute Gasteiger partial charge is 0.300 e. The van der Waals surface area contributed by atoms with Crippen LogP contribution in [-0.4, -0.2) is 5.78 Å². The molecule has 0 radical (unpaired) electrons. The predicted octanol–water partition coefficient (Wildman–Crippen LogP) is 4.27. The molecule has 14 heavy (non-hydrogen) atoms. The summed E-state index contributed by atoms with van der Waals surface area (Å²) < 4.78 is 0. The molecule has 0 aromatic heterocycles. The van der Waals surface area contributed by atoms with Gasteiger partial charge in [0.05, 0.1) is 0 Å². The zero-order valence-electron chi connectivity index (χ0n) is 9.56. The van der Waals surface area contributed by atoms with Gasteiger partial charge in [-0.3, -0.25) is 4.79 Å². The van der Waals surface area contributed by atoms with Crippen LogP contribution >= 0.6 is 0 Å². The molecule has 0 aromatic rings. The maximum Gasteiger partial charge on any atom is 0.132 e. The van der Waals surface area contributed by atoms with Crippen molar-refractivity contribution in [3.63, 3.8) is 0 Å². The molecule has 0 fully saturated rings. The van der Waals surface area contributed by atoms with Crippen LogP contribution in [0.3, 0.4) is 0 Å². The SMILES string of the molecule is C=CCCCCCCCCC(=O)CC. The first-order valence-electron chi connectivity index (χ1n) is 5.93. The maximum absolute atomic E-state index is 11.0. The number of hydrogen-bond donors (Lipinski definition) is 0. The van der Waals surface area contributed by atoms with Crippen LogP contribution < -0.4 is 0 Å². The van der Waals surface area contributed by atoms with E-state index in [1.807, 2.05) is 13.0 Å². The number of allylic oxidation sites excluding steroid dienone is 1. The number of hydrogen-bond acceptors (Lipinski definition) is 1. The molecule has 0 heterocycles. The maximum atomic E-state index is 11.0. The van der Waals surface area contributed by atoms with Crippen molar-refractivity contribution >= 4 is 5.78 Å². The minimum atomic E-state index is 0.414. The second-order valence-electron chi connectivity index (χ2n) is 3.84. The standard InChI is InChI=1S/C13H24O/c1-3-5-6-7-8-9-10-11-12-13(14)4-2/h3H,1,4-12H2,2H3. The monoisotopic (exact) mass is 196 g/mol. The topological polar surface area (TPSA) is 17.1 Å². The highest BCUT2D eigenvalue weighted by Crippen LogP contribution is 2.09. The summed E-state index contributed by atoms with van der Waals surface area (Å²) in [6.45, 7) is 5.64. The third-order valence-corrected chi connectivity index (χ3v) is 2.51. The molecule has 0 amide bonds. The van der Waals surface area contributed by atoms with E-state index in [1.165, 1.54) is 32.1 Å². The van der Waals surface area contributed by atoms with Crippen LogP contribution in [0.1, 0.15) is 64.7 Å². The van der Waals surface area contributed by atoms with Gasteiger partial charge in [0.1, 0.15) is 5.78 Å². The van der Waals surface area contributed by atoms with Gasteiger partial charge in [0.15, 0.2) is 0 Å². The highest BCUT2D eigenvalue weighted by molar-refractivity contribution is 5.77. The molecular formula is C13H24O. The lowest BCUT2D eigenvalue weighted by Gasteiger charge is -2.00. The zero-order chi connectivity index (χ0) is 10.6. The van der Waals surface area contributed by atoms with Crippen molar-refractivity contribution in [1.82, 2.24) is 0 Å². The normalized spacial score (nSPS) is 10.1. The Morgan fingerprint density at radius 2 is 1.64 bits per heavy atom. The summed E-state index contributed by atoms with van der Waals surface area (Å²) in [5.74, 6) is 0.414. The predicted molar refractivity (Wildman–Crippen MR) is 62.4 cm³/mol. The Bertz CT molecular complexity index is 149. The molecule has 0 spiro atoms.